The predicted octanol–water partition coefficient (Wildman–Crippen LogP) is 5.15. The van der Waals surface area contributed by atoms with E-state index in [1.54, 1.807) is 43.9 Å². The largest absolute Gasteiger partial charge is 0.507 e. The number of fused-ring (bicyclic) bond motifs is 1. The van der Waals surface area contributed by atoms with Crippen molar-refractivity contribution in [3.63, 3.8) is 0 Å². The number of carbonyl (C=O) groups is 2. The molecule has 0 saturated carbocycles. The van der Waals surface area contributed by atoms with Gasteiger partial charge in [-0.3, -0.25) is 9.59 Å². The van der Waals surface area contributed by atoms with E-state index >= 15 is 0 Å². The Hall–Kier alpha value is -4.27. The minimum atomic E-state index is -0.792. The van der Waals surface area contributed by atoms with Crippen molar-refractivity contribution in [2.75, 3.05) is 20.3 Å². The number of ether oxygens (including phenoxy) is 3. The fraction of sp³-hybridized carbons (Fsp3) is 0.406. The monoisotopic (exact) mass is 559 g/mol. The zero-order valence-corrected chi connectivity index (χ0v) is 24.0. The average Bonchev–Trinajstić information content (AvgIpc) is 3.66. The number of ketones is 1. The normalized spacial score (nSPS) is 19.5. The molecular weight excluding hydrogens is 522 g/mol. The third-order valence-electron chi connectivity index (χ3n) is 7.54. The third-order valence-corrected chi connectivity index (χ3v) is 7.54. The van der Waals surface area contributed by atoms with Crippen LogP contribution in [0.25, 0.3) is 5.76 Å². The molecule has 1 amide bonds. The number of rotatable bonds is 11. The van der Waals surface area contributed by atoms with Crippen molar-refractivity contribution in [1.29, 1.82) is 0 Å². The Kier molecular flexibility index (Phi) is 8.33. The van der Waals surface area contributed by atoms with E-state index < -0.39 is 17.7 Å². The van der Waals surface area contributed by atoms with E-state index in [2.05, 4.69) is 18.8 Å². The van der Waals surface area contributed by atoms with Gasteiger partial charge >= 0.3 is 0 Å². The highest BCUT2D eigenvalue weighted by atomic mass is 16.5. The number of Topliss-reactive ketones (excluding diaryl/α,β-unsaturated/α-hetero) is 1. The lowest BCUT2D eigenvalue weighted by Crippen LogP contribution is -2.31. The molecule has 9 nitrogen and oxygen atoms in total. The third kappa shape index (κ3) is 5.94. The molecule has 1 fully saturated rings. The minimum Gasteiger partial charge on any atom is -0.507 e. The van der Waals surface area contributed by atoms with Crippen molar-refractivity contribution in [2.45, 2.75) is 58.7 Å². The maximum atomic E-state index is 13.5. The van der Waals surface area contributed by atoms with Gasteiger partial charge in [-0.15, -0.1) is 0 Å². The number of aliphatic hydroxyl groups is 1. The number of imidazole rings is 1. The molecule has 41 heavy (non-hydrogen) atoms. The quantitative estimate of drug-likeness (QED) is 0.197. The van der Waals surface area contributed by atoms with Crippen LogP contribution in [0.5, 0.6) is 17.2 Å². The second kappa shape index (κ2) is 12.1. The Labute approximate surface area is 240 Å². The van der Waals surface area contributed by atoms with Gasteiger partial charge in [0.25, 0.3) is 11.7 Å². The maximum absolute atomic E-state index is 13.5. The first-order valence-corrected chi connectivity index (χ1v) is 14.1. The van der Waals surface area contributed by atoms with Gasteiger partial charge in [0.1, 0.15) is 17.6 Å². The molecule has 1 N–H and O–H groups in total. The summed E-state index contributed by atoms with van der Waals surface area (Å²) >= 11 is 0. The number of likely N-dealkylation sites (tertiary alicyclic amines) is 1. The van der Waals surface area contributed by atoms with Crippen LogP contribution in [0.3, 0.4) is 0 Å². The number of carbonyl (C=O) groups excluding carboxylic acids is 2. The first-order valence-electron chi connectivity index (χ1n) is 14.1. The van der Waals surface area contributed by atoms with Crippen LogP contribution in [0.1, 0.15) is 56.3 Å². The van der Waals surface area contributed by atoms with Crippen LogP contribution in [-0.2, 0) is 22.6 Å². The second-order valence-electron chi connectivity index (χ2n) is 11.0. The van der Waals surface area contributed by atoms with Gasteiger partial charge in [0.2, 0.25) is 0 Å². The number of aliphatic hydroxyl groups excluding tert-OH is 1. The van der Waals surface area contributed by atoms with Crippen LogP contribution >= 0.6 is 0 Å². The number of hydrogen-bond donors (Lipinski definition) is 1. The topological polar surface area (TPSA) is 103 Å². The number of aromatic nitrogens is 2. The number of methoxy groups -OCH3 is 1. The fourth-order valence-electron chi connectivity index (χ4n) is 5.40. The fourth-order valence-corrected chi connectivity index (χ4v) is 5.40. The lowest BCUT2D eigenvalue weighted by molar-refractivity contribution is -0.139. The second-order valence-corrected chi connectivity index (χ2v) is 11.0. The van der Waals surface area contributed by atoms with Crippen LogP contribution < -0.4 is 14.2 Å². The predicted molar refractivity (Wildman–Crippen MR) is 154 cm³/mol. The summed E-state index contributed by atoms with van der Waals surface area (Å²) in [7, 11) is 1.56. The van der Waals surface area contributed by atoms with Crippen LogP contribution in [-0.4, -0.2) is 57.6 Å². The standard InChI is InChI=1S/C32H37N3O6/c1-20(2)10-15-40-26-9-6-22(18-27(26)39-4)29-28(30(36)23-7-8-25-24(17-23)16-21(3)41-25)31(37)32(38)35(29)13-5-12-34-14-11-33-19-34/h6-9,11,14,17-21,29,36H,5,10,12-13,15-16H2,1-4H3/t21-,29+/m0/s1. The highest BCUT2D eigenvalue weighted by molar-refractivity contribution is 6.46. The Balaban J connectivity index is 1.52. The molecule has 3 heterocycles. The molecule has 0 radical (unpaired) electrons. The summed E-state index contributed by atoms with van der Waals surface area (Å²) in [6.45, 7) is 7.74. The van der Waals surface area contributed by atoms with Crippen molar-refractivity contribution in [3.8, 4) is 17.2 Å². The molecule has 0 unspecified atom stereocenters. The first kappa shape index (κ1) is 28.3. The molecule has 0 spiro atoms. The Bertz CT molecular complexity index is 1450. The maximum Gasteiger partial charge on any atom is 0.295 e. The number of nitrogens with zero attached hydrogens (tertiary/aromatic N) is 3. The van der Waals surface area contributed by atoms with E-state index in [0.29, 0.717) is 61.1 Å². The summed E-state index contributed by atoms with van der Waals surface area (Å²) in [6, 6.07) is 9.99. The molecule has 2 aliphatic heterocycles. The Morgan fingerprint density at radius 2 is 1.98 bits per heavy atom. The smallest absolute Gasteiger partial charge is 0.295 e. The van der Waals surface area contributed by atoms with Crippen molar-refractivity contribution in [2.24, 2.45) is 5.92 Å². The molecule has 216 valence electrons. The first-order chi connectivity index (χ1) is 19.8. The van der Waals surface area contributed by atoms with Gasteiger partial charge < -0.3 is 28.8 Å². The van der Waals surface area contributed by atoms with E-state index in [0.717, 1.165) is 17.7 Å². The number of benzene rings is 2. The van der Waals surface area contributed by atoms with Crippen LogP contribution in [0.15, 0.2) is 60.7 Å². The van der Waals surface area contributed by atoms with Gasteiger partial charge in [-0.2, -0.15) is 0 Å². The van der Waals surface area contributed by atoms with E-state index in [-0.39, 0.29) is 17.4 Å². The van der Waals surface area contributed by atoms with Crippen LogP contribution in [0.4, 0.5) is 0 Å². The summed E-state index contributed by atoms with van der Waals surface area (Å²) in [6.07, 6.45) is 7.51. The van der Waals surface area contributed by atoms with Crippen molar-refractivity contribution in [3.05, 3.63) is 77.4 Å². The zero-order chi connectivity index (χ0) is 29.1. The average molecular weight is 560 g/mol. The van der Waals surface area contributed by atoms with Gasteiger partial charge in [0.05, 0.1) is 31.7 Å². The lowest BCUT2D eigenvalue weighted by Gasteiger charge is -2.26. The van der Waals surface area contributed by atoms with E-state index in [1.165, 1.54) is 4.90 Å². The molecule has 2 atom stereocenters. The molecule has 0 aliphatic carbocycles. The van der Waals surface area contributed by atoms with Gasteiger partial charge in [-0.05, 0) is 67.1 Å². The van der Waals surface area contributed by atoms with Crippen LogP contribution in [0.2, 0.25) is 0 Å². The van der Waals surface area contributed by atoms with E-state index in [1.807, 2.05) is 29.8 Å². The van der Waals surface area contributed by atoms with Gasteiger partial charge in [-0.1, -0.05) is 19.9 Å². The van der Waals surface area contributed by atoms with Gasteiger partial charge in [0.15, 0.2) is 11.5 Å². The van der Waals surface area contributed by atoms with Gasteiger partial charge in [-0.25, -0.2) is 4.98 Å². The van der Waals surface area contributed by atoms with Crippen molar-refractivity contribution in [1.82, 2.24) is 14.5 Å². The summed E-state index contributed by atoms with van der Waals surface area (Å²) in [5.41, 5.74) is 2.14. The molecule has 3 aromatic rings. The summed E-state index contributed by atoms with van der Waals surface area (Å²) in [5, 5.41) is 11.6. The SMILES string of the molecule is COc1cc([C@@H]2C(=C(O)c3ccc4c(c3)C[C@H](C)O4)C(=O)C(=O)N2CCCn2ccnc2)ccc1OCCC(C)C. The number of amides is 1. The van der Waals surface area contributed by atoms with E-state index in [4.69, 9.17) is 14.2 Å². The van der Waals surface area contributed by atoms with Crippen LogP contribution in [0, 0.1) is 5.92 Å². The lowest BCUT2D eigenvalue weighted by atomic mass is 9.94. The molecule has 5 rings (SSSR count). The molecule has 9 heteroatoms. The molecule has 2 aliphatic rings. The van der Waals surface area contributed by atoms with Crippen molar-refractivity contribution < 1.29 is 28.9 Å². The highest BCUT2D eigenvalue weighted by Crippen LogP contribution is 2.43. The zero-order valence-electron chi connectivity index (χ0n) is 24.0. The summed E-state index contributed by atoms with van der Waals surface area (Å²) in [5.74, 6) is 0.789. The molecule has 2 aromatic carbocycles. The number of aryl methyl sites for hydroxylation is 1. The summed E-state index contributed by atoms with van der Waals surface area (Å²) in [4.78, 5) is 32.5. The molecule has 1 aromatic heterocycles. The summed E-state index contributed by atoms with van der Waals surface area (Å²) < 4.78 is 19.3. The molecule has 0 bridgehead atoms. The van der Waals surface area contributed by atoms with E-state index in [9.17, 15) is 14.7 Å². The molecular formula is C32H37N3O6. The van der Waals surface area contributed by atoms with Gasteiger partial charge in [0, 0.05) is 37.5 Å². The Morgan fingerprint density at radius 1 is 1.15 bits per heavy atom. The Morgan fingerprint density at radius 3 is 2.71 bits per heavy atom. The number of hydrogen-bond acceptors (Lipinski definition) is 7. The minimum absolute atomic E-state index is 0.0391. The highest BCUT2D eigenvalue weighted by Gasteiger charge is 2.46. The van der Waals surface area contributed by atoms with Crippen molar-refractivity contribution >= 4 is 17.4 Å². The molecule has 1 saturated heterocycles.